The number of nitrogens with zero attached hydrogens (tertiary/aromatic N) is 1. The van der Waals surface area contributed by atoms with Crippen LogP contribution >= 0.6 is 0 Å². The Hall–Kier alpha value is -1.46. The first kappa shape index (κ1) is 15.1. The fourth-order valence-corrected chi connectivity index (χ4v) is 4.37. The zero-order chi connectivity index (χ0) is 15.9. The first-order valence-electron chi connectivity index (χ1n) is 8.85. The number of carbonyl (C=O) groups excluding carboxylic acids is 1. The van der Waals surface area contributed by atoms with E-state index in [-0.39, 0.29) is 11.8 Å². The quantitative estimate of drug-likeness (QED) is 0.780. The second-order valence-electron chi connectivity index (χ2n) is 7.34. The molecular formula is C18H26N4O. The van der Waals surface area contributed by atoms with Gasteiger partial charge in [-0.25, -0.2) is 0 Å². The van der Waals surface area contributed by atoms with E-state index >= 15 is 0 Å². The van der Waals surface area contributed by atoms with Crippen molar-refractivity contribution in [3.8, 4) is 0 Å². The Balaban J connectivity index is 1.43. The van der Waals surface area contributed by atoms with Gasteiger partial charge in [0.05, 0.1) is 0 Å². The van der Waals surface area contributed by atoms with Gasteiger partial charge in [-0.15, -0.1) is 0 Å². The molecule has 4 rings (SSSR count). The lowest BCUT2D eigenvalue weighted by Crippen LogP contribution is -2.34. The number of piperidine rings is 1. The molecule has 1 aliphatic carbocycles. The minimum absolute atomic E-state index is 0.235. The molecule has 1 aromatic rings. The van der Waals surface area contributed by atoms with Crippen LogP contribution in [0.15, 0.2) is 6.20 Å². The molecular weight excluding hydrogens is 288 g/mol. The lowest BCUT2D eigenvalue weighted by atomic mass is 9.91. The maximum atomic E-state index is 12.6. The minimum atomic E-state index is 0.235. The third-order valence-corrected chi connectivity index (χ3v) is 6.01. The molecule has 0 radical (unpaired) electrons. The molecule has 0 bridgehead atoms. The SMILES string of the molecule is Cc1ncc2c(c1CNC(=O)[C@@H]1CC13CCNCC3)CCNC2. The number of amides is 1. The van der Waals surface area contributed by atoms with Gasteiger partial charge in [-0.2, -0.15) is 0 Å². The van der Waals surface area contributed by atoms with E-state index < -0.39 is 0 Å². The topological polar surface area (TPSA) is 66.0 Å². The minimum Gasteiger partial charge on any atom is -0.352 e. The molecule has 0 unspecified atom stereocenters. The maximum absolute atomic E-state index is 12.6. The molecule has 1 atom stereocenters. The third kappa shape index (κ3) is 2.76. The molecule has 124 valence electrons. The van der Waals surface area contributed by atoms with Gasteiger partial charge < -0.3 is 16.0 Å². The van der Waals surface area contributed by atoms with E-state index in [1.165, 1.54) is 16.7 Å². The summed E-state index contributed by atoms with van der Waals surface area (Å²) >= 11 is 0. The average molecular weight is 314 g/mol. The van der Waals surface area contributed by atoms with Gasteiger partial charge in [0.1, 0.15) is 0 Å². The zero-order valence-electron chi connectivity index (χ0n) is 13.9. The molecule has 1 aromatic heterocycles. The molecule has 1 spiro atoms. The average Bonchev–Trinajstić information content (AvgIpc) is 3.27. The van der Waals surface area contributed by atoms with Crippen LogP contribution in [0, 0.1) is 18.3 Å². The predicted octanol–water partition coefficient (Wildman–Crippen LogP) is 1.04. The standard InChI is InChI=1S/C18H26N4O/c1-12-15(14-2-5-20-9-13(14)10-21-12)11-22-17(23)16-8-18(16)3-6-19-7-4-18/h10,16,19-20H,2-9,11H2,1H3,(H,22,23)/t16-/m0/s1. The van der Waals surface area contributed by atoms with Crippen LogP contribution in [0.25, 0.3) is 0 Å². The Morgan fingerprint density at radius 3 is 3.00 bits per heavy atom. The van der Waals surface area contributed by atoms with Crippen molar-refractivity contribution in [2.75, 3.05) is 19.6 Å². The fourth-order valence-electron chi connectivity index (χ4n) is 4.37. The summed E-state index contributed by atoms with van der Waals surface area (Å²) in [5.74, 6) is 0.483. The van der Waals surface area contributed by atoms with Gasteiger partial charge in [-0.05, 0) is 74.3 Å². The predicted molar refractivity (Wildman–Crippen MR) is 88.9 cm³/mol. The van der Waals surface area contributed by atoms with E-state index in [2.05, 4.69) is 27.9 Å². The largest absolute Gasteiger partial charge is 0.352 e. The molecule has 3 N–H and O–H groups in total. The van der Waals surface area contributed by atoms with Crippen LogP contribution in [-0.2, 0) is 24.3 Å². The van der Waals surface area contributed by atoms with Crippen LogP contribution in [0.1, 0.15) is 41.6 Å². The Morgan fingerprint density at radius 2 is 2.17 bits per heavy atom. The molecule has 5 heteroatoms. The van der Waals surface area contributed by atoms with Crippen molar-refractivity contribution in [2.45, 2.75) is 45.7 Å². The van der Waals surface area contributed by atoms with Crippen molar-refractivity contribution in [1.82, 2.24) is 20.9 Å². The van der Waals surface area contributed by atoms with Gasteiger partial charge in [0, 0.05) is 30.9 Å². The van der Waals surface area contributed by atoms with Gasteiger partial charge in [0.2, 0.25) is 5.91 Å². The van der Waals surface area contributed by atoms with Crippen LogP contribution in [0.5, 0.6) is 0 Å². The molecule has 1 saturated carbocycles. The fraction of sp³-hybridized carbons (Fsp3) is 0.667. The van der Waals surface area contributed by atoms with Gasteiger partial charge in [0.15, 0.2) is 0 Å². The maximum Gasteiger partial charge on any atom is 0.223 e. The first-order chi connectivity index (χ1) is 11.2. The van der Waals surface area contributed by atoms with Crippen LogP contribution in [-0.4, -0.2) is 30.5 Å². The molecule has 23 heavy (non-hydrogen) atoms. The summed E-state index contributed by atoms with van der Waals surface area (Å²) in [5.41, 5.74) is 5.27. The number of aryl methyl sites for hydroxylation is 1. The van der Waals surface area contributed by atoms with Gasteiger partial charge in [-0.1, -0.05) is 0 Å². The second-order valence-corrected chi connectivity index (χ2v) is 7.34. The summed E-state index contributed by atoms with van der Waals surface area (Å²) in [6.07, 6.45) is 6.39. The van der Waals surface area contributed by atoms with Crippen molar-refractivity contribution < 1.29 is 4.79 Å². The van der Waals surface area contributed by atoms with E-state index in [4.69, 9.17) is 0 Å². The van der Waals surface area contributed by atoms with Crippen LogP contribution in [0.4, 0.5) is 0 Å². The molecule has 5 nitrogen and oxygen atoms in total. The highest BCUT2D eigenvalue weighted by atomic mass is 16.2. The van der Waals surface area contributed by atoms with Crippen LogP contribution in [0.3, 0.4) is 0 Å². The lowest BCUT2D eigenvalue weighted by molar-refractivity contribution is -0.123. The highest BCUT2D eigenvalue weighted by Crippen LogP contribution is 2.58. The molecule has 1 amide bonds. The summed E-state index contributed by atoms with van der Waals surface area (Å²) in [7, 11) is 0. The zero-order valence-corrected chi connectivity index (χ0v) is 13.9. The lowest BCUT2D eigenvalue weighted by Gasteiger charge is -2.24. The molecule has 1 saturated heterocycles. The summed E-state index contributed by atoms with van der Waals surface area (Å²) in [5, 5.41) is 9.98. The van der Waals surface area contributed by atoms with E-state index in [0.717, 1.165) is 57.6 Å². The van der Waals surface area contributed by atoms with Gasteiger partial charge in [-0.3, -0.25) is 9.78 Å². The Morgan fingerprint density at radius 1 is 1.35 bits per heavy atom. The molecule has 2 fully saturated rings. The van der Waals surface area contributed by atoms with E-state index in [0.29, 0.717) is 12.0 Å². The molecule has 3 aliphatic rings. The molecule has 2 aliphatic heterocycles. The van der Waals surface area contributed by atoms with Gasteiger partial charge in [0.25, 0.3) is 0 Å². The van der Waals surface area contributed by atoms with Crippen molar-refractivity contribution >= 4 is 5.91 Å². The highest BCUT2D eigenvalue weighted by Gasteiger charge is 2.57. The van der Waals surface area contributed by atoms with Crippen LogP contribution in [0.2, 0.25) is 0 Å². The number of hydrogen-bond acceptors (Lipinski definition) is 4. The number of aromatic nitrogens is 1. The van der Waals surface area contributed by atoms with E-state index in [9.17, 15) is 4.79 Å². The summed E-state index contributed by atoms with van der Waals surface area (Å²) < 4.78 is 0. The monoisotopic (exact) mass is 314 g/mol. The number of carbonyl (C=O) groups is 1. The van der Waals surface area contributed by atoms with Crippen LogP contribution < -0.4 is 16.0 Å². The van der Waals surface area contributed by atoms with Crippen molar-refractivity contribution in [2.24, 2.45) is 11.3 Å². The normalized spacial score (nSPS) is 25.0. The molecule has 0 aromatic carbocycles. The Bertz CT molecular complexity index is 622. The van der Waals surface area contributed by atoms with Crippen molar-refractivity contribution in [1.29, 1.82) is 0 Å². The number of fused-ring (bicyclic) bond motifs is 1. The number of nitrogens with one attached hydrogen (secondary N) is 3. The second kappa shape index (κ2) is 5.87. The van der Waals surface area contributed by atoms with E-state index in [1.54, 1.807) is 0 Å². The summed E-state index contributed by atoms with van der Waals surface area (Å²) in [4.78, 5) is 17.1. The highest BCUT2D eigenvalue weighted by molar-refractivity contribution is 5.82. The number of hydrogen-bond donors (Lipinski definition) is 3. The number of pyridine rings is 1. The molecule has 3 heterocycles. The van der Waals surface area contributed by atoms with Gasteiger partial charge >= 0.3 is 0 Å². The Labute approximate surface area is 137 Å². The smallest absolute Gasteiger partial charge is 0.223 e. The van der Waals surface area contributed by atoms with Crippen molar-refractivity contribution in [3.63, 3.8) is 0 Å². The summed E-state index contributed by atoms with van der Waals surface area (Å²) in [6.45, 7) is 6.71. The third-order valence-electron chi connectivity index (χ3n) is 6.01. The Kier molecular flexibility index (Phi) is 3.85. The van der Waals surface area contributed by atoms with E-state index in [1.807, 2.05) is 6.20 Å². The van der Waals surface area contributed by atoms with Crippen molar-refractivity contribution in [3.05, 3.63) is 28.6 Å². The number of rotatable bonds is 3. The summed E-state index contributed by atoms with van der Waals surface area (Å²) in [6, 6.07) is 0. The first-order valence-corrected chi connectivity index (χ1v) is 8.85.